The van der Waals surface area contributed by atoms with Gasteiger partial charge in [0.25, 0.3) is 5.91 Å². The topological polar surface area (TPSA) is 114 Å². The van der Waals surface area contributed by atoms with E-state index in [-0.39, 0.29) is 18.5 Å². The van der Waals surface area contributed by atoms with Crippen LogP contribution in [0.4, 0.5) is 0 Å². The fourth-order valence-corrected chi connectivity index (χ4v) is 2.03. The Hall–Kier alpha value is -3.03. The second kappa shape index (κ2) is 9.96. The Kier molecular flexibility index (Phi) is 7.98. The van der Waals surface area contributed by atoms with E-state index in [1.54, 1.807) is 12.1 Å². The number of amides is 2. The van der Waals surface area contributed by atoms with Crippen LogP contribution in [0.15, 0.2) is 30.9 Å². The highest BCUT2D eigenvalue weighted by Gasteiger charge is 2.19. The van der Waals surface area contributed by atoms with Crippen LogP contribution in [0.25, 0.3) is 0 Å². The zero-order chi connectivity index (χ0) is 18.8. The molecule has 0 saturated heterocycles. The quantitative estimate of drug-likeness (QED) is 0.542. The summed E-state index contributed by atoms with van der Waals surface area (Å²) in [6.45, 7) is 3.17. The van der Waals surface area contributed by atoms with Gasteiger partial charge in [0.05, 0.1) is 20.8 Å². The van der Waals surface area contributed by atoms with Crippen molar-refractivity contribution in [1.82, 2.24) is 10.6 Å². The lowest BCUT2D eigenvalue weighted by atomic mass is 10.1. The summed E-state index contributed by atoms with van der Waals surface area (Å²) in [7, 11) is 2.93. The van der Waals surface area contributed by atoms with Crippen LogP contribution in [0, 0.1) is 0 Å². The lowest BCUT2D eigenvalue weighted by Crippen LogP contribution is -2.45. The number of nitrogens with one attached hydrogen (secondary N) is 2. The highest BCUT2D eigenvalue weighted by molar-refractivity contribution is 5.97. The smallest absolute Gasteiger partial charge is 0.326 e. The van der Waals surface area contributed by atoms with Crippen LogP contribution < -0.4 is 20.1 Å². The maximum absolute atomic E-state index is 12.1. The number of rotatable bonds is 10. The molecule has 136 valence electrons. The number of carboxylic acids is 1. The number of benzene rings is 1. The van der Waals surface area contributed by atoms with E-state index in [1.165, 1.54) is 26.4 Å². The maximum Gasteiger partial charge on any atom is 0.326 e. The minimum atomic E-state index is -1.14. The summed E-state index contributed by atoms with van der Waals surface area (Å²) >= 11 is 0. The molecule has 0 saturated carbocycles. The first-order valence-corrected chi connectivity index (χ1v) is 7.56. The molecular formula is C17H22N2O6. The van der Waals surface area contributed by atoms with E-state index in [1.807, 2.05) is 0 Å². The maximum atomic E-state index is 12.1. The average molecular weight is 350 g/mol. The molecule has 1 aromatic carbocycles. The van der Waals surface area contributed by atoms with Crippen molar-refractivity contribution in [3.63, 3.8) is 0 Å². The predicted octanol–water partition coefficient (Wildman–Crippen LogP) is 0.969. The SMILES string of the molecule is C=CCCC(NC(=O)CNC(=O)c1ccc(OC)c(OC)c1)C(=O)O. The molecule has 0 aromatic heterocycles. The van der Waals surface area contributed by atoms with Gasteiger partial charge in [0.15, 0.2) is 11.5 Å². The summed E-state index contributed by atoms with van der Waals surface area (Å²) in [6.07, 6.45) is 2.25. The Bertz CT molecular complexity index is 644. The summed E-state index contributed by atoms with van der Waals surface area (Å²) in [6, 6.07) is 3.56. The van der Waals surface area contributed by atoms with Gasteiger partial charge in [0, 0.05) is 5.56 Å². The minimum absolute atomic E-state index is 0.230. The van der Waals surface area contributed by atoms with E-state index in [4.69, 9.17) is 14.6 Å². The third-order valence-electron chi connectivity index (χ3n) is 3.35. The molecule has 25 heavy (non-hydrogen) atoms. The van der Waals surface area contributed by atoms with Crippen molar-refractivity contribution < 1.29 is 29.0 Å². The fourth-order valence-electron chi connectivity index (χ4n) is 2.03. The molecule has 1 unspecified atom stereocenters. The largest absolute Gasteiger partial charge is 0.493 e. The minimum Gasteiger partial charge on any atom is -0.493 e. The lowest BCUT2D eigenvalue weighted by Gasteiger charge is -2.14. The van der Waals surface area contributed by atoms with Gasteiger partial charge in [-0.25, -0.2) is 4.79 Å². The van der Waals surface area contributed by atoms with Gasteiger partial charge < -0.3 is 25.2 Å². The normalized spacial score (nSPS) is 11.1. The van der Waals surface area contributed by atoms with Gasteiger partial charge in [-0.3, -0.25) is 9.59 Å². The van der Waals surface area contributed by atoms with Crippen molar-refractivity contribution in [2.45, 2.75) is 18.9 Å². The van der Waals surface area contributed by atoms with E-state index in [0.29, 0.717) is 17.9 Å². The molecule has 1 atom stereocenters. The first kappa shape index (κ1) is 20.0. The lowest BCUT2D eigenvalue weighted by molar-refractivity contribution is -0.141. The molecule has 8 heteroatoms. The summed E-state index contributed by atoms with van der Waals surface area (Å²) in [5.74, 6) is -1.36. The van der Waals surface area contributed by atoms with Crippen LogP contribution in [0.3, 0.4) is 0 Å². The third-order valence-corrected chi connectivity index (χ3v) is 3.35. The van der Waals surface area contributed by atoms with Crippen LogP contribution >= 0.6 is 0 Å². The first-order valence-electron chi connectivity index (χ1n) is 7.56. The number of ether oxygens (including phenoxy) is 2. The van der Waals surface area contributed by atoms with Gasteiger partial charge in [-0.1, -0.05) is 6.08 Å². The second-order valence-corrected chi connectivity index (χ2v) is 5.08. The molecule has 0 bridgehead atoms. The first-order chi connectivity index (χ1) is 11.9. The molecule has 3 N–H and O–H groups in total. The Morgan fingerprint density at radius 1 is 1.24 bits per heavy atom. The van der Waals surface area contributed by atoms with E-state index in [0.717, 1.165) is 0 Å². The molecule has 1 aromatic rings. The van der Waals surface area contributed by atoms with Crippen LogP contribution in [-0.4, -0.2) is 49.7 Å². The van der Waals surface area contributed by atoms with Gasteiger partial charge in [0.1, 0.15) is 6.04 Å². The van der Waals surface area contributed by atoms with E-state index >= 15 is 0 Å². The fraction of sp³-hybridized carbons (Fsp3) is 0.353. The van der Waals surface area contributed by atoms with Gasteiger partial charge in [0.2, 0.25) is 5.91 Å². The standard InChI is InChI=1S/C17H22N2O6/c1-4-5-6-12(17(22)23)19-15(20)10-18-16(21)11-7-8-13(24-2)14(9-11)25-3/h4,7-9,12H,1,5-6,10H2,2-3H3,(H,18,21)(H,19,20)(H,22,23). The van der Waals surface area contributed by atoms with Crippen molar-refractivity contribution in [2.24, 2.45) is 0 Å². The van der Waals surface area contributed by atoms with Gasteiger partial charge in [-0.15, -0.1) is 6.58 Å². The summed E-state index contributed by atoms with van der Waals surface area (Å²) in [5, 5.41) is 13.8. The van der Waals surface area contributed by atoms with Crippen molar-refractivity contribution in [3.8, 4) is 11.5 Å². The monoisotopic (exact) mass is 350 g/mol. The van der Waals surface area contributed by atoms with E-state index in [2.05, 4.69) is 17.2 Å². The number of carbonyl (C=O) groups is 3. The van der Waals surface area contributed by atoms with Crippen LogP contribution in [-0.2, 0) is 9.59 Å². The van der Waals surface area contributed by atoms with Crippen molar-refractivity contribution in [2.75, 3.05) is 20.8 Å². The Morgan fingerprint density at radius 3 is 2.48 bits per heavy atom. The zero-order valence-corrected chi connectivity index (χ0v) is 14.2. The molecule has 0 aliphatic carbocycles. The number of carboxylic acid groups (broad SMARTS) is 1. The molecule has 0 fully saturated rings. The third kappa shape index (κ3) is 6.17. The number of carbonyl (C=O) groups excluding carboxylic acids is 2. The number of hydrogen-bond donors (Lipinski definition) is 3. The van der Waals surface area contributed by atoms with Crippen LogP contribution in [0.5, 0.6) is 11.5 Å². The zero-order valence-electron chi connectivity index (χ0n) is 14.2. The van der Waals surface area contributed by atoms with Crippen molar-refractivity contribution in [3.05, 3.63) is 36.4 Å². The molecule has 2 amide bonds. The molecule has 0 spiro atoms. The number of hydrogen-bond acceptors (Lipinski definition) is 5. The highest BCUT2D eigenvalue weighted by atomic mass is 16.5. The van der Waals surface area contributed by atoms with Crippen LogP contribution in [0.1, 0.15) is 23.2 Å². The highest BCUT2D eigenvalue weighted by Crippen LogP contribution is 2.27. The number of aliphatic carboxylic acids is 1. The van der Waals surface area contributed by atoms with Crippen molar-refractivity contribution >= 4 is 17.8 Å². The molecule has 1 rings (SSSR count). The summed E-state index contributed by atoms with van der Waals surface area (Å²) < 4.78 is 10.2. The molecule has 0 heterocycles. The molecule has 0 radical (unpaired) electrons. The molecular weight excluding hydrogens is 328 g/mol. The van der Waals surface area contributed by atoms with Gasteiger partial charge in [-0.2, -0.15) is 0 Å². The van der Waals surface area contributed by atoms with E-state index in [9.17, 15) is 14.4 Å². The second-order valence-electron chi connectivity index (χ2n) is 5.08. The molecule has 0 aliphatic rings. The summed E-state index contributed by atoms with van der Waals surface area (Å²) in [5.41, 5.74) is 0.284. The predicted molar refractivity (Wildman–Crippen MR) is 90.9 cm³/mol. The Morgan fingerprint density at radius 2 is 1.92 bits per heavy atom. The summed E-state index contributed by atoms with van der Waals surface area (Å²) in [4.78, 5) is 35.0. The molecule has 8 nitrogen and oxygen atoms in total. The number of allylic oxidation sites excluding steroid dienone is 1. The Balaban J connectivity index is 2.61. The number of methoxy groups -OCH3 is 2. The van der Waals surface area contributed by atoms with Gasteiger partial charge >= 0.3 is 5.97 Å². The van der Waals surface area contributed by atoms with Gasteiger partial charge in [-0.05, 0) is 31.0 Å². The Labute approximate surface area is 145 Å². The average Bonchev–Trinajstić information content (AvgIpc) is 2.62. The molecule has 0 aliphatic heterocycles. The van der Waals surface area contributed by atoms with Crippen molar-refractivity contribution in [1.29, 1.82) is 0 Å². The van der Waals surface area contributed by atoms with Crippen LogP contribution in [0.2, 0.25) is 0 Å². The van der Waals surface area contributed by atoms with E-state index < -0.39 is 23.8 Å².